The molecule has 0 radical (unpaired) electrons. The highest BCUT2D eigenvalue weighted by molar-refractivity contribution is 9.10. The molecule has 1 aliphatic heterocycles. The van der Waals surface area contributed by atoms with Crippen LogP contribution in [0.15, 0.2) is 34.9 Å². The molecule has 0 saturated carbocycles. The molecule has 1 aromatic heterocycles. The molecule has 1 aliphatic rings. The summed E-state index contributed by atoms with van der Waals surface area (Å²) in [5.41, 5.74) is 1.90. The van der Waals surface area contributed by atoms with Crippen molar-refractivity contribution in [2.24, 2.45) is 11.8 Å². The number of hydrogen-bond donors (Lipinski definition) is 2. The normalized spacial score (nSPS) is 19.5. The number of rotatable bonds is 7. The van der Waals surface area contributed by atoms with E-state index >= 15 is 0 Å². The molecular formula is C22H29BrN4O4. The van der Waals surface area contributed by atoms with E-state index in [1.807, 2.05) is 38.1 Å². The molecule has 0 bridgehead atoms. The number of benzene rings is 1. The van der Waals surface area contributed by atoms with Gasteiger partial charge in [-0.2, -0.15) is 0 Å². The number of aromatic nitrogens is 2. The Labute approximate surface area is 190 Å². The van der Waals surface area contributed by atoms with E-state index < -0.39 is 12.1 Å². The van der Waals surface area contributed by atoms with Crippen LogP contribution in [0.3, 0.4) is 0 Å². The molecule has 3 unspecified atom stereocenters. The Kier molecular flexibility index (Phi) is 7.72. The van der Waals surface area contributed by atoms with Crippen molar-refractivity contribution >= 4 is 27.9 Å². The summed E-state index contributed by atoms with van der Waals surface area (Å²) in [7, 11) is 2.95. The van der Waals surface area contributed by atoms with Crippen LogP contribution in [0.5, 0.6) is 0 Å². The van der Waals surface area contributed by atoms with Crippen LogP contribution in [0, 0.1) is 11.8 Å². The van der Waals surface area contributed by atoms with Crippen LogP contribution in [0.4, 0.5) is 4.79 Å². The zero-order valence-electron chi connectivity index (χ0n) is 18.2. The lowest BCUT2D eigenvalue weighted by molar-refractivity contribution is -0.135. The highest BCUT2D eigenvalue weighted by Gasteiger charge is 2.41. The summed E-state index contributed by atoms with van der Waals surface area (Å²) in [6.45, 7) is 4.89. The van der Waals surface area contributed by atoms with Crippen LogP contribution >= 0.6 is 15.9 Å². The maximum absolute atomic E-state index is 13.5. The number of nitrogens with zero attached hydrogens (tertiary/aromatic N) is 2. The zero-order chi connectivity index (χ0) is 22.5. The predicted octanol–water partition coefficient (Wildman–Crippen LogP) is 3.76. The maximum atomic E-state index is 13.5. The van der Waals surface area contributed by atoms with Crippen molar-refractivity contribution < 1.29 is 19.1 Å². The van der Waals surface area contributed by atoms with Crippen LogP contribution in [0.1, 0.15) is 32.1 Å². The van der Waals surface area contributed by atoms with E-state index in [4.69, 9.17) is 9.47 Å². The molecule has 1 fully saturated rings. The summed E-state index contributed by atoms with van der Waals surface area (Å²) in [6, 6.07) is 7.04. The molecule has 31 heavy (non-hydrogen) atoms. The van der Waals surface area contributed by atoms with Crippen molar-refractivity contribution in [1.82, 2.24) is 20.2 Å². The molecule has 9 heteroatoms. The van der Waals surface area contributed by atoms with Crippen molar-refractivity contribution in [1.29, 1.82) is 0 Å². The van der Waals surface area contributed by atoms with E-state index in [0.717, 1.165) is 28.0 Å². The maximum Gasteiger partial charge on any atom is 0.407 e. The largest absolute Gasteiger partial charge is 0.453 e. The average Bonchev–Trinajstić information content (AvgIpc) is 3.39. The van der Waals surface area contributed by atoms with Gasteiger partial charge in [-0.15, -0.1) is 0 Å². The van der Waals surface area contributed by atoms with E-state index in [-0.39, 0.29) is 23.8 Å². The molecule has 1 aromatic carbocycles. The Morgan fingerprint density at radius 1 is 1.29 bits per heavy atom. The zero-order valence-corrected chi connectivity index (χ0v) is 19.8. The minimum Gasteiger partial charge on any atom is -0.453 e. The highest BCUT2D eigenvalue weighted by atomic mass is 79.9. The Hall–Kier alpha value is -2.39. The Balaban J connectivity index is 1.87. The van der Waals surface area contributed by atoms with Gasteiger partial charge in [0.2, 0.25) is 5.91 Å². The molecule has 2 amide bonds. The topological polar surface area (TPSA) is 96.5 Å². The third-order valence-corrected chi connectivity index (χ3v) is 6.06. The first kappa shape index (κ1) is 23.3. The molecule has 0 spiro atoms. The van der Waals surface area contributed by atoms with Crippen LogP contribution in [0.25, 0.3) is 11.3 Å². The molecule has 2 N–H and O–H groups in total. The quantitative estimate of drug-likeness (QED) is 0.613. The minimum absolute atomic E-state index is 0.0938. The smallest absolute Gasteiger partial charge is 0.407 e. The van der Waals surface area contributed by atoms with Gasteiger partial charge in [0.15, 0.2) is 0 Å². The lowest BCUT2D eigenvalue weighted by Crippen LogP contribution is -2.51. The van der Waals surface area contributed by atoms with Gasteiger partial charge >= 0.3 is 6.09 Å². The van der Waals surface area contributed by atoms with Gasteiger partial charge < -0.3 is 24.7 Å². The second-order valence-corrected chi connectivity index (χ2v) is 9.03. The number of carbonyl (C=O) groups excluding carboxylic acids is 2. The van der Waals surface area contributed by atoms with E-state index in [0.29, 0.717) is 13.2 Å². The lowest BCUT2D eigenvalue weighted by Gasteiger charge is -2.30. The number of ether oxygens (including phenoxy) is 2. The lowest BCUT2D eigenvalue weighted by atomic mass is 10.0. The van der Waals surface area contributed by atoms with Crippen molar-refractivity contribution in [3.63, 3.8) is 0 Å². The second kappa shape index (κ2) is 10.3. The predicted molar refractivity (Wildman–Crippen MR) is 120 cm³/mol. The van der Waals surface area contributed by atoms with E-state index in [1.54, 1.807) is 18.2 Å². The number of imidazole rings is 1. The van der Waals surface area contributed by atoms with Gasteiger partial charge in [0.05, 0.1) is 31.6 Å². The number of alkyl carbamates (subject to hydrolysis) is 1. The first-order valence-corrected chi connectivity index (χ1v) is 11.1. The van der Waals surface area contributed by atoms with Gasteiger partial charge in [-0.05, 0) is 30.0 Å². The molecule has 3 atom stereocenters. The summed E-state index contributed by atoms with van der Waals surface area (Å²) >= 11 is 3.45. The average molecular weight is 493 g/mol. The highest BCUT2D eigenvalue weighted by Crippen LogP contribution is 2.36. The summed E-state index contributed by atoms with van der Waals surface area (Å²) in [4.78, 5) is 35.0. The van der Waals surface area contributed by atoms with Crippen molar-refractivity contribution in [2.75, 3.05) is 27.4 Å². The SMILES string of the molecule is COCC1CC(c2ncc(-c3ccc(Br)cc3)[nH]2)N(C(=O)C(NC(=O)OC)C(C)C)C1. The summed E-state index contributed by atoms with van der Waals surface area (Å²) in [5, 5.41) is 2.68. The first-order chi connectivity index (χ1) is 14.8. The number of hydrogen-bond acceptors (Lipinski definition) is 5. The van der Waals surface area contributed by atoms with Crippen molar-refractivity contribution in [3.05, 3.63) is 40.8 Å². The van der Waals surface area contributed by atoms with Crippen LogP contribution in [-0.4, -0.2) is 60.3 Å². The van der Waals surface area contributed by atoms with Gasteiger partial charge in [-0.3, -0.25) is 4.79 Å². The van der Waals surface area contributed by atoms with Crippen LogP contribution < -0.4 is 5.32 Å². The van der Waals surface area contributed by atoms with Crippen LogP contribution in [-0.2, 0) is 14.3 Å². The molecule has 168 valence electrons. The molecule has 8 nitrogen and oxygen atoms in total. The van der Waals surface area contributed by atoms with E-state index in [2.05, 4.69) is 31.2 Å². The molecule has 1 saturated heterocycles. The fraction of sp³-hybridized carbons (Fsp3) is 0.500. The Morgan fingerprint density at radius 2 is 2.00 bits per heavy atom. The first-order valence-electron chi connectivity index (χ1n) is 10.3. The number of methoxy groups -OCH3 is 2. The van der Waals surface area contributed by atoms with Gasteiger partial charge in [0, 0.05) is 24.0 Å². The monoisotopic (exact) mass is 492 g/mol. The fourth-order valence-electron chi connectivity index (χ4n) is 3.94. The third kappa shape index (κ3) is 5.46. The number of likely N-dealkylation sites (tertiary alicyclic amines) is 1. The minimum atomic E-state index is -0.683. The number of nitrogens with one attached hydrogen (secondary N) is 2. The number of halogens is 1. The third-order valence-electron chi connectivity index (χ3n) is 5.53. The number of H-pyrrole nitrogens is 1. The number of amides is 2. The van der Waals surface area contributed by atoms with Gasteiger partial charge in [-0.25, -0.2) is 9.78 Å². The standard InChI is InChI=1S/C22H29BrN4O4/c1-13(2)19(26-22(29)31-4)21(28)27-11-14(12-30-3)9-18(27)20-24-10-17(25-20)15-5-7-16(23)8-6-15/h5-8,10,13-14,18-19H,9,11-12H2,1-4H3,(H,24,25)(H,26,29). The fourth-order valence-corrected chi connectivity index (χ4v) is 4.21. The molecule has 3 rings (SSSR count). The van der Waals surface area contributed by atoms with E-state index in [9.17, 15) is 9.59 Å². The van der Waals surface area contributed by atoms with E-state index in [1.165, 1.54) is 7.11 Å². The van der Waals surface area contributed by atoms with Gasteiger partial charge in [-0.1, -0.05) is 41.9 Å². The summed E-state index contributed by atoms with van der Waals surface area (Å²) < 4.78 is 11.1. The van der Waals surface area contributed by atoms with Gasteiger partial charge in [0.25, 0.3) is 0 Å². The van der Waals surface area contributed by atoms with Crippen LogP contribution in [0.2, 0.25) is 0 Å². The number of aromatic amines is 1. The molecular weight excluding hydrogens is 464 g/mol. The summed E-state index contributed by atoms with van der Waals surface area (Å²) in [5.74, 6) is 0.672. The second-order valence-electron chi connectivity index (χ2n) is 8.11. The molecule has 0 aliphatic carbocycles. The van der Waals surface area contributed by atoms with Crippen molar-refractivity contribution in [2.45, 2.75) is 32.4 Å². The number of carbonyl (C=O) groups is 2. The van der Waals surface area contributed by atoms with Crippen molar-refractivity contribution in [3.8, 4) is 11.3 Å². The Morgan fingerprint density at radius 3 is 2.61 bits per heavy atom. The molecule has 2 heterocycles. The summed E-state index contributed by atoms with van der Waals surface area (Å²) in [6.07, 6.45) is 1.90. The Bertz CT molecular complexity index is 899. The molecule has 2 aromatic rings. The van der Waals surface area contributed by atoms with Gasteiger partial charge in [0.1, 0.15) is 11.9 Å².